The molecule has 0 bridgehead atoms. The van der Waals surface area contributed by atoms with Crippen molar-refractivity contribution in [2.45, 2.75) is 18.9 Å². The molecular formula is C15H16FN3O3. The third-order valence-electron chi connectivity index (χ3n) is 4.20. The van der Waals surface area contributed by atoms with E-state index in [-0.39, 0.29) is 12.5 Å². The maximum atomic E-state index is 13.0. The molecule has 0 radical (unpaired) electrons. The summed E-state index contributed by atoms with van der Waals surface area (Å²) >= 11 is 0. The lowest BCUT2D eigenvalue weighted by Gasteiger charge is -2.32. The summed E-state index contributed by atoms with van der Waals surface area (Å²) in [6.45, 7) is 2.62. The molecule has 2 aliphatic rings. The Balaban J connectivity index is 1.80. The fraction of sp³-hybridized carbons (Fsp3) is 0.400. The maximum Gasteiger partial charge on any atom is 0.325 e. The summed E-state index contributed by atoms with van der Waals surface area (Å²) in [6.07, 6.45) is 0.944. The first-order valence-electron chi connectivity index (χ1n) is 7.10. The molecule has 0 spiro atoms. The highest BCUT2D eigenvalue weighted by atomic mass is 19.1. The van der Waals surface area contributed by atoms with Gasteiger partial charge in [-0.15, -0.1) is 0 Å². The first-order valence-corrected chi connectivity index (χ1v) is 7.10. The predicted octanol–water partition coefficient (Wildman–Crippen LogP) is 0.825. The van der Waals surface area contributed by atoms with Gasteiger partial charge in [0.15, 0.2) is 0 Å². The van der Waals surface area contributed by atoms with Crippen LogP contribution in [0.15, 0.2) is 24.3 Å². The van der Waals surface area contributed by atoms with E-state index in [0.29, 0.717) is 18.7 Å². The van der Waals surface area contributed by atoms with Gasteiger partial charge in [0, 0.05) is 13.1 Å². The van der Waals surface area contributed by atoms with Gasteiger partial charge in [0.1, 0.15) is 17.9 Å². The highest BCUT2D eigenvalue weighted by molar-refractivity contribution is 6.09. The maximum absolute atomic E-state index is 13.0. The van der Waals surface area contributed by atoms with Crippen molar-refractivity contribution >= 4 is 17.8 Å². The van der Waals surface area contributed by atoms with Crippen LogP contribution in [0.3, 0.4) is 0 Å². The smallest absolute Gasteiger partial charge is 0.325 e. The fourth-order valence-corrected chi connectivity index (χ4v) is 2.62. The molecule has 6 nitrogen and oxygen atoms in total. The summed E-state index contributed by atoms with van der Waals surface area (Å²) in [5.41, 5.74) is -0.800. The number of imide groups is 1. The quantitative estimate of drug-likeness (QED) is 0.841. The van der Waals surface area contributed by atoms with Crippen molar-refractivity contribution in [3.63, 3.8) is 0 Å². The van der Waals surface area contributed by atoms with Crippen LogP contribution in [0.5, 0.6) is 0 Å². The fourth-order valence-electron chi connectivity index (χ4n) is 2.62. The standard InChI is InChI=1S/C15H16FN3O3/c1-15(10-3-5-11(16)6-4-10)13(21)19(14(22)17-15)9-12(20)18-7-2-8-18/h3-6H,2,7-9H2,1H3,(H,17,22). The molecule has 2 saturated heterocycles. The van der Waals surface area contributed by atoms with Crippen LogP contribution >= 0.6 is 0 Å². The minimum Gasteiger partial charge on any atom is -0.341 e. The molecule has 3 rings (SSSR count). The predicted molar refractivity (Wildman–Crippen MR) is 75.2 cm³/mol. The first kappa shape index (κ1) is 14.5. The Kier molecular flexibility index (Phi) is 3.35. The SMILES string of the molecule is CC1(c2ccc(F)cc2)NC(=O)N(CC(=O)N2CCC2)C1=O. The number of hydrogen-bond donors (Lipinski definition) is 1. The second-order valence-corrected chi connectivity index (χ2v) is 5.69. The van der Waals surface area contributed by atoms with Gasteiger partial charge in [-0.3, -0.25) is 14.5 Å². The van der Waals surface area contributed by atoms with E-state index >= 15 is 0 Å². The van der Waals surface area contributed by atoms with Gasteiger partial charge in [-0.25, -0.2) is 9.18 Å². The second kappa shape index (κ2) is 5.08. The Morgan fingerprint density at radius 1 is 1.27 bits per heavy atom. The van der Waals surface area contributed by atoms with Crippen LogP contribution in [0.25, 0.3) is 0 Å². The average Bonchev–Trinajstić information content (AvgIpc) is 2.62. The minimum absolute atomic E-state index is 0.238. The molecule has 0 saturated carbocycles. The summed E-state index contributed by atoms with van der Waals surface area (Å²) in [7, 11) is 0. The lowest BCUT2D eigenvalue weighted by Crippen LogP contribution is -2.49. The molecule has 0 aromatic heterocycles. The third-order valence-corrected chi connectivity index (χ3v) is 4.20. The van der Waals surface area contributed by atoms with Crippen molar-refractivity contribution in [3.05, 3.63) is 35.6 Å². The van der Waals surface area contributed by atoms with Crippen molar-refractivity contribution in [2.75, 3.05) is 19.6 Å². The van der Waals surface area contributed by atoms with Crippen LogP contribution in [0, 0.1) is 5.82 Å². The topological polar surface area (TPSA) is 69.7 Å². The molecule has 1 unspecified atom stereocenters. The van der Waals surface area contributed by atoms with Crippen LogP contribution in [0.1, 0.15) is 18.9 Å². The summed E-state index contributed by atoms with van der Waals surface area (Å²) < 4.78 is 13.0. The van der Waals surface area contributed by atoms with Gasteiger partial charge in [0.25, 0.3) is 5.91 Å². The molecule has 1 aromatic rings. The van der Waals surface area contributed by atoms with Gasteiger partial charge in [-0.1, -0.05) is 12.1 Å². The zero-order valence-corrected chi connectivity index (χ0v) is 12.1. The van der Waals surface area contributed by atoms with Crippen LogP contribution in [-0.4, -0.2) is 47.3 Å². The highest BCUT2D eigenvalue weighted by Gasteiger charge is 2.49. The number of likely N-dealkylation sites (tertiary alicyclic amines) is 1. The molecule has 2 heterocycles. The Hall–Kier alpha value is -2.44. The molecule has 0 aliphatic carbocycles. The van der Waals surface area contributed by atoms with Gasteiger partial charge in [0.2, 0.25) is 5.91 Å². The molecule has 2 aliphatic heterocycles. The minimum atomic E-state index is -1.28. The Morgan fingerprint density at radius 3 is 2.45 bits per heavy atom. The Bertz CT molecular complexity index is 642. The molecule has 7 heteroatoms. The van der Waals surface area contributed by atoms with Crippen LogP contribution in [-0.2, 0) is 15.1 Å². The number of carbonyl (C=O) groups is 3. The number of amides is 4. The summed E-state index contributed by atoms with van der Waals surface area (Å²) in [6, 6.07) is 4.76. The zero-order chi connectivity index (χ0) is 15.9. The second-order valence-electron chi connectivity index (χ2n) is 5.69. The lowest BCUT2D eigenvalue weighted by atomic mass is 9.92. The van der Waals surface area contributed by atoms with Crippen molar-refractivity contribution in [3.8, 4) is 0 Å². The van der Waals surface area contributed by atoms with Crippen LogP contribution < -0.4 is 5.32 Å². The Morgan fingerprint density at radius 2 is 1.91 bits per heavy atom. The molecule has 1 N–H and O–H groups in total. The van der Waals surface area contributed by atoms with Crippen LogP contribution in [0.2, 0.25) is 0 Å². The van der Waals surface area contributed by atoms with E-state index in [0.717, 1.165) is 11.3 Å². The van der Waals surface area contributed by atoms with Gasteiger partial charge in [-0.2, -0.15) is 0 Å². The van der Waals surface area contributed by atoms with Crippen molar-refractivity contribution in [1.29, 1.82) is 0 Å². The van der Waals surface area contributed by atoms with Gasteiger partial charge in [0.05, 0.1) is 0 Å². The summed E-state index contributed by atoms with van der Waals surface area (Å²) in [5, 5.41) is 2.59. The van der Waals surface area contributed by atoms with Gasteiger partial charge < -0.3 is 10.2 Å². The van der Waals surface area contributed by atoms with E-state index in [1.54, 1.807) is 11.8 Å². The first-order chi connectivity index (χ1) is 10.4. The largest absolute Gasteiger partial charge is 0.341 e. The number of nitrogens with zero attached hydrogens (tertiary/aromatic N) is 2. The number of benzene rings is 1. The van der Waals surface area contributed by atoms with E-state index in [1.807, 2.05) is 0 Å². The molecule has 116 valence electrons. The summed E-state index contributed by atoms with van der Waals surface area (Å²) in [5.74, 6) is -1.16. The van der Waals surface area contributed by atoms with E-state index in [4.69, 9.17) is 0 Å². The highest BCUT2D eigenvalue weighted by Crippen LogP contribution is 2.29. The van der Waals surface area contributed by atoms with Crippen LogP contribution in [0.4, 0.5) is 9.18 Å². The average molecular weight is 305 g/mol. The lowest BCUT2D eigenvalue weighted by molar-refractivity contribution is -0.140. The van der Waals surface area contributed by atoms with E-state index in [9.17, 15) is 18.8 Å². The number of nitrogens with one attached hydrogen (secondary N) is 1. The monoisotopic (exact) mass is 305 g/mol. The zero-order valence-electron chi connectivity index (χ0n) is 12.1. The van der Waals surface area contributed by atoms with E-state index in [2.05, 4.69) is 5.32 Å². The van der Waals surface area contributed by atoms with E-state index < -0.39 is 23.3 Å². The molecule has 2 fully saturated rings. The van der Waals surface area contributed by atoms with Gasteiger partial charge >= 0.3 is 6.03 Å². The molecule has 4 amide bonds. The molecule has 1 atom stereocenters. The molecule has 1 aromatic carbocycles. The third kappa shape index (κ3) is 2.22. The molecule has 22 heavy (non-hydrogen) atoms. The van der Waals surface area contributed by atoms with Crippen molar-refractivity contribution in [2.24, 2.45) is 0 Å². The van der Waals surface area contributed by atoms with Gasteiger partial charge in [-0.05, 0) is 31.0 Å². The Labute approximate surface area is 126 Å². The number of carbonyl (C=O) groups excluding carboxylic acids is 3. The number of halogens is 1. The normalized spacial score (nSPS) is 24.3. The number of hydrogen-bond acceptors (Lipinski definition) is 3. The number of urea groups is 1. The van der Waals surface area contributed by atoms with Crippen molar-refractivity contribution in [1.82, 2.24) is 15.1 Å². The van der Waals surface area contributed by atoms with Crippen molar-refractivity contribution < 1.29 is 18.8 Å². The molecular weight excluding hydrogens is 289 g/mol. The summed E-state index contributed by atoms with van der Waals surface area (Å²) in [4.78, 5) is 39.1. The number of rotatable bonds is 3. The van der Waals surface area contributed by atoms with E-state index in [1.165, 1.54) is 24.3 Å².